The normalized spacial score (nSPS) is 11.2. The highest BCUT2D eigenvalue weighted by Gasteiger charge is 2.40. The number of aromatic amines is 2. The summed E-state index contributed by atoms with van der Waals surface area (Å²) < 4.78 is 0.658. The highest BCUT2D eigenvalue weighted by Crippen LogP contribution is 2.24. The van der Waals surface area contributed by atoms with Gasteiger partial charge in [0.2, 0.25) is 0 Å². The van der Waals surface area contributed by atoms with Crippen molar-refractivity contribution in [3.63, 3.8) is 0 Å². The Morgan fingerprint density at radius 2 is 1.55 bits per heavy atom. The largest absolute Gasteiger partial charge is 0.480 e. The van der Waals surface area contributed by atoms with Gasteiger partial charge < -0.3 is 10.2 Å². The topological polar surface area (TPSA) is 162 Å². The molecule has 0 bridgehead atoms. The Balaban J connectivity index is 2.87. The van der Waals surface area contributed by atoms with Crippen molar-refractivity contribution in [2.45, 2.75) is 26.3 Å². The van der Waals surface area contributed by atoms with Gasteiger partial charge in [0.15, 0.2) is 5.41 Å². The molecular formula is C10H13N3O7. The number of aromatic nitrogens is 3. The summed E-state index contributed by atoms with van der Waals surface area (Å²) in [5.41, 5.74) is -4.83. The number of carboxylic acids is 2. The first-order chi connectivity index (χ1) is 9.18. The fraction of sp³-hybridized carbons (Fsp3) is 0.500. The molecule has 0 atom stereocenters. The minimum atomic E-state index is -2.00. The molecule has 0 aromatic carbocycles. The third-order valence-electron chi connectivity index (χ3n) is 2.93. The van der Waals surface area contributed by atoms with Crippen molar-refractivity contribution >= 4 is 11.9 Å². The van der Waals surface area contributed by atoms with Crippen LogP contribution in [0.3, 0.4) is 0 Å². The Labute approximate surface area is 110 Å². The Morgan fingerprint density at radius 3 is 1.95 bits per heavy atom. The molecule has 10 heteroatoms. The smallest absolute Gasteiger partial charge is 0.333 e. The molecule has 10 nitrogen and oxygen atoms in total. The predicted octanol–water partition coefficient (Wildman–Crippen LogP) is -1.82. The molecule has 4 N–H and O–H groups in total. The number of H-pyrrole nitrogens is 2. The van der Waals surface area contributed by atoms with Crippen LogP contribution in [0, 0.1) is 5.41 Å². The average molecular weight is 287 g/mol. The van der Waals surface area contributed by atoms with Crippen molar-refractivity contribution in [2.24, 2.45) is 5.41 Å². The van der Waals surface area contributed by atoms with E-state index < -0.39 is 34.4 Å². The summed E-state index contributed by atoms with van der Waals surface area (Å²) in [5, 5.41) is 17.8. The first-order valence-electron chi connectivity index (χ1n) is 5.58. The van der Waals surface area contributed by atoms with Gasteiger partial charge in [-0.15, -0.1) is 0 Å². The lowest BCUT2D eigenvalue weighted by Crippen LogP contribution is -2.43. The van der Waals surface area contributed by atoms with E-state index in [1.807, 2.05) is 9.97 Å². The molecule has 0 radical (unpaired) electrons. The quantitative estimate of drug-likeness (QED) is 0.447. The van der Waals surface area contributed by atoms with Crippen LogP contribution in [0.2, 0.25) is 0 Å². The van der Waals surface area contributed by atoms with Crippen LogP contribution in [0.4, 0.5) is 0 Å². The summed E-state index contributed by atoms with van der Waals surface area (Å²) in [6.45, 7) is 0.832. The van der Waals surface area contributed by atoms with E-state index in [1.54, 1.807) is 0 Å². The zero-order valence-electron chi connectivity index (χ0n) is 10.5. The number of aliphatic carboxylic acids is 2. The second-order valence-electron chi connectivity index (χ2n) is 4.39. The van der Waals surface area contributed by atoms with E-state index in [4.69, 9.17) is 10.2 Å². The van der Waals surface area contributed by atoms with E-state index in [2.05, 4.69) is 0 Å². The predicted molar refractivity (Wildman–Crippen MR) is 64.6 cm³/mol. The van der Waals surface area contributed by atoms with Crippen LogP contribution in [0.25, 0.3) is 0 Å². The lowest BCUT2D eigenvalue weighted by molar-refractivity contribution is -0.163. The molecule has 0 spiro atoms. The number of hydrogen-bond acceptors (Lipinski definition) is 5. The molecule has 0 aliphatic heterocycles. The summed E-state index contributed by atoms with van der Waals surface area (Å²) >= 11 is 0. The number of hydrogen-bond donors (Lipinski definition) is 4. The molecule has 0 saturated heterocycles. The molecule has 20 heavy (non-hydrogen) atoms. The van der Waals surface area contributed by atoms with Gasteiger partial charge in [0.25, 0.3) is 0 Å². The SMILES string of the molecule is CC(CCCn1c(=O)[nH]c(=O)[nH]c1=O)(C(=O)O)C(=O)O. The molecule has 1 rings (SSSR count). The van der Waals surface area contributed by atoms with Crippen molar-refractivity contribution in [3.8, 4) is 0 Å². The van der Waals surface area contributed by atoms with Gasteiger partial charge in [-0.05, 0) is 19.8 Å². The van der Waals surface area contributed by atoms with Crippen molar-refractivity contribution in [1.29, 1.82) is 0 Å². The van der Waals surface area contributed by atoms with E-state index in [9.17, 15) is 24.0 Å². The number of nitrogens with one attached hydrogen (secondary N) is 2. The van der Waals surface area contributed by atoms with Crippen LogP contribution in [-0.4, -0.2) is 36.7 Å². The minimum Gasteiger partial charge on any atom is -0.480 e. The van der Waals surface area contributed by atoms with Crippen molar-refractivity contribution in [2.75, 3.05) is 0 Å². The standard InChI is InChI=1S/C10H13N3O7/c1-10(5(14)15,6(16)17)3-2-4-13-8(19)11-7(18)12-9(13)20/h2-4H2,1H3,(H,14,15)(H,16,17)(H2,11,12,18,19,20). The van der Waals surface area contributed by atoms with E-state index in [0.29, 0.717) is 4.57 Å². The maximum absolute atomic E-state index is 11.3. The molecule has 0 fully saturated rings. The maximum atomic E-state index is 11.3. The van der Waals surface area contributed by atoms with E-state index in [1.165, 1.54) is 0 Å². The van der Waals surface area contributed by atoms with Crippen LogP contribution in [0.15, 0.2) is 14.4 Å². The van der Waals surface area contributed by atoms with Gasteiger partial charge in [-0.3, -0.25) is 19.6 Å². The molecule has 1 heterocycles. The number of carbonyl (C=O) groups is 2. The van der Waals surface area contributed by atoms with Gasteiger partial charge in [0.1, 0.15) is 0 Å². The number of carboxylic acid groups (broad SMARTS) is 2. The lowest BCUT2D eigenvalue weighted by Gasteiger charge is -2.19. The van der Waals surface area contributed by atoms with Gasteiger partial charge in [-0.1, -0.05) is 0 Å². The van der Waals surface area contributed by atoms with Gasteiger partial charge in [-0.2, -0.15) is 0 Å². The molecule has 1 aromatic rings. The zero-order valence-corrected chi connectivity index (χ0v) is 10.5. The van der Waals surface area contributed by atoms with Gasteiger partial charge in [0, 0.05) is 6.54 Å². The van der Waals surface area contributed by atoms with Crippen LogP contribution in [0.5, 0.6) is 0 Å². The van der Waals surface area contributed by atoms with Crippen molar-refractivity contribution in [1.82, 2.24) is 14.5 Å². The molecule has 0 unspecified atom stereocenters. The fourth-order valence-corrected chi connectivity index (χ4v) is 1.55. The molecule has 0 aliphatic carbocycles. The second-order valence-corrected chi connectivity index (χ2v) is 4.39. The third-order valence-corrected chi connectivity index (χ3v) is 2.93. The highest BCUT2D eigenvalue weighted by molar-refractivity contribution is 5.97. The molecule has 0 aliphatic rings. The van der Waals surface area contributed by atoms with Crippen LogP contribution < -0.4 is 17.1 Å². The van der Waals surface area contributed by atoms with Gasteiger partial charge in [0.05, 0.1) is 0 Å². The van der Waals surface area contributed by atoms with E-state index >= 15 is 0 Å². The molecular weight excluding hydrogens is 274 g/mol. The van der Waals surface area contributed by atoms with Crippen LogP contribution in [-0.2, 0) is 16.1 Å². The van der Waals surface area contributed by atoms with Crippen LogP contribution >= 0.6 is 0 Å². The summed E-state index contributed by atoms with van der Waals surface area (Å²) in [6.07, 6.45) is -0.313. The summed E-state index contributed by atoms with van der Waals surface area (Å²) in [7, 11) is 0. The lowest BCUT2D eigenvalue weighted by atomic mass is 9.85. The Kier molecular flexibility index (Phi) is 4.27. The second kappa shape index (κ2) is 5.55. The Hall–Kier alpha value is -2.65. The minimum absolute atomic E-state index is 0.0376. The first kappa shape index (κ1) is 15.4. The zero-order chi connectivity index (χ0) is 15.5. The van der Waals surface area contributed by atoms with Crippen molar-refractivity contribution < 1.29 is 19.8 Å². The van der Waals surface area contributed by atoms with E-state index in [-0.39, 0.29) is 19.4 Å². The molecule has 1 aromatic heterocycles. The summed E-state index contributed by atoms with van der Waals surface area (Å²) in [4.78, 5) is 59.0. The maximum Gasteiger partial charge on any atom is 0.333 e. The first-order valence-corrected chi connectivity index (χ1v) is 5.58. The monoisotopic (exact) mass is 287 g/mol. The molecule has 110 valence electrons. The van der Waals surface area contributed by atoms with Crippen molar-refractivity contribution in [3.05, 3.63) is 31.5 Å². The Morgan fingerprint density at radius 1 is 1.10 bits per heavy atom. The van der Waals surface area contributed by atoms with Gasteiger partial charge in [-0.25, -0.2) is 19.0 Å². The summed E-state index contributed by atoms with van der Waals surface area (Å²) in [6, 6.07) is 0. The fourth-order valence-electron chi connectivity index (χ4n) is 1.55. The highest BCUT2D eigenvalue weighted by atomic mass is 16.4. The van der Waals surface area contributed by atoms with Crippen LogP contribution in [0.1, 0.15) is 19.8 Å². The molecule has 0 amide bonds. The third kappa shape index (κ3) is 3.02. The Bertz CT molecular complexity index is 648. The van der Waals surface area contributed by atoms with Gasteiger partial charge >= 0.3 is 29.0 Å². The average Bonchev–Trinajstić information content (AvgIpc) is 2.31. The van der Waals surface area contributed by atoms with E-state index in [0.717, 1.165) is 6.92 Å². The number of rotatable bonds is 6. The number of nitrogens with zero attached hydrogens (tertiary/aromatic N) is 1. The molecule has 0 saturated carbocycles. The summed E-state index contributed by atoms with van der Waals surface area (Å²) in [5.74, 6) is -3.01.